The van der Waals surface area contributed by atoms with Gasteiger partial charge in [-0.25, -0.2) is 0 Å². The van der Waals surface area contributed by atoms with Gasteiger partial charge < -0.3 is 15.2 Å². The molecule has 0 aliphatic carbocycles. The number of nitrogens with one attached hydrogen (secondary N) is 1. The summed E-state index contributed by atoms with van der Waals surface area (Å²) < 4.78 is 5.54. The minimum atomic E-state index is -0.421. The second kappa shape index (κ2) is 9.18. The van der Waals surface area contributed by atoms with Crippen molar-refractivity contribution in [2.45, 2.75) is 18.9 Å². The molecule has 2 N–H and O–H groups in total. The molecule has 0 aromatic heterocycles. The first-order valence-electron chi connectivity index (χ1n) is 7.52. The summed E-state index contributed by atoms with van der Waals surface area (Å²) in [6, 6.07) is 16.1. The van der Waals surface area contributed by atoms with E-state index in [1.165, 1.54) is 0 Å². The predicted octanol–water partition coefficient (Wildman–Crippen LogP) is 3.35. The Hall–Kier alpha value is -2.04. The minimum Gasteiger partial charge on any atom is -0.494 e. The van der Waals surface area contributed by atoms with Crippen LogP contribution in [0.2, 0.25) is 5.02 Å². The number of hydrogen-bond donors (Lipinski definition) is 2. The van der Waals surface area contributed by atoms with E-state index in [0.717, 1.165) is 11.3 Å². The summed E-state index contributed by atoms with van der Waals surface area (Å²) in [7, 11) is 0. The lowest BCUT2D eigenvalue weighted by molar-refractivity contribution is -0.122. The van der Waals surface area contributed by atoms with E-state index in [9.17, 15) is 9.90 Å². The normalized spacial score (nSPS) is 11.7. The molecule has 0 spiro atoms. The monoisotopic (exact) mass is 333 g/mol. The molecular weight excluding hydrogens is 314 g/mol. The highest BCUT2D eigenvalue weighted by Gasteiger charge is 2.13. The van der Waals surface area contributed by atoms with Crippen LogP contribution in [0.3, 0.4) is 0 Å². The number of carbonyl (C=O) groups excluding carboxylic acids is 1. The van der Waals surface area contributed by atoms with Gasteiger partial charge in [0.15, 0.2) is 0 Å². The first-order chi connectivity index (χ1) is 11.2. The van der Waals surface area contributed by atoms with Crippen LogP contribution in [0.4, 0.5) is 0 Å². The lowest BCUT2D eigenvalue weighted by Gasteiger charge is -2.17. The lowest BCUT2D eigenvalue weighted by atomic mass is 10.1. The third kappa shape index (κ3) is 5.93. The summed E-state index contributed by atoms with van der Waals surface area (Å²) in [5, 5.41) is 12.9. The van der Waals surface area contributed by atoms with Gasteiger partial charge in [0.1, 0.15) is 5.75 Å². The van der Waals surface area contributed by atoms with Crippen molar-refractivity contribution >= 4 is 17.5 Å². The maximum atomic E-state index is 12.0. The van der Waals surface area contributed by atoms with Gasteiger partial charge in [0, 0.05) is 11.4 Å². The SMILES string of the molecule is O=C(CCCOc1ccccc1)NC(CO)c1ccc(Cl)cc1. The van der Waals surface area contributed by atoms with Crippen molar-refractivity contribution < 1.29 is 14.6 Å². The fraction of sp³-hybridized carbons (Fsp3) is 0.278. The highest BCUT2D eigenvalue weighted by atomic mass is 35.5. The van der Waals surface area contributed by atoms with Crippen molar-refractivity contribution in [1.82, 2.24) is 5.32 Å². The average Bonchev–Trinajstić information content (AvgIpc) is 2.58. The molecule has 2 aromatic carbocycles. The van der Waals surface area contributed by atoms with Crippen LogP contribution in [-0.2, 0) is 4.79 Å². The number of carbonyl (C=O) groups is 1. The van der Waals surface area contributed by atoms with Crippen LogP contribution in [0, 0.1) is 0 Å². The average molecular weight is 334 g/mol. The summed E-state index contributed by atoms with van der Waals surface area (Å²) in [4.78, 5) is 12.0. The van der Waals surface area contributed by atoms with E-state index in [0.29, 0.717) is 24.5 Å². The van der Waals surface area contributed by atoms with Gasteiger partial charge >= 0.3 is 0 Å². The van der Waals surface area contributed by atoms with Crippen LogP contribution in [0.1, 0.15) is 24.4 Å². The molecule has 122 valence electrons. The number of hydrogen-bond acceptors (Lipinski definition) is 3. The molecule has 0 radical (unpaired) electrons. The first kappa shape index (κ1) is 17.3. The highest BCUT2D eigenvalue weighted by Crippen LogP contribution is 2.16. The molecule has 0 fully saturated rings. The van der Waals surface area contributed by atoms with E-state index < -0.39 is 6.04 Å². The summed E-state index contributed by atoms with van der Waals surface area (Å²) in [6.07, 6.45) is 0.955. The second-order valence-corrected chi connectivity index (χ2v) is 5.56. The number of aliphatic hydroxyl groups is 1. The number of aliphatic hydroxyl groups excluding tert-OH is 1. The third-order valence-corrected chi connectivity index (χ3v) is 3.60. The van der Waals surface area contributed by atoms with E-state index in [-0.39, 0.29) is 12.5 Å². The Morgan fingerprint density at radius 1 is 1.13 bits per heavy atom. The van der Waals surface area contributed by atoms with Crippen LogP contribution in [0.25, 0.3) is 0 Å². The number of para-hydroxylation sites is 1. The molecule has 23 heavy (non-hydrogen) atoms. The zero-order chi connectivity index (χ0) is 16.5. The molecule has 0 saturated carbocycles. The maximum Gasteiger partial charge on any atom is 0.220 e. The van der Waals surface area contributed by atoms with Crippen LogP contribution in [0.15, 0.2) is 54.6 Å². The summed E-state index contributed by atoms with van der Waals surface area (Å²) in [6.45, 7) is 0.316. The van der Waals surface area contributed by atoms with Gasteiger partial charge in [0.2, 0.25) is 5.91 Å². The molecule has 1 atom stereocenters. The fourth-order valence-electron chi connectivity index (χ4n) is 2.14. The highest BCUT2D eigenvalue weighted by molar-refractivity contribution is 6.30. The van der Waals surface area contributed by atoms with E-state index in [1.807, 2.05) is 30.3 Å². The molecule has 1 amide bonds. The first-order valence-corrected chi connectivity index (χ1v) is 7.90. The summed E-state index contributed by atoms with van der Waals surface area (Å²) in [5.74, 6) is 0.679. The van der Waals surface area contributed by atoms with Gasteiger partial charge in [-0.2, -0.15) is 0 Å². The zero-order valence-electron chi connectivity index (χ0n) is 12.7. The van der Waals surface area contributed by atoms with Crippen molar-refractivity contribution in [2.75, 3.05) is 13.2 Å². The Kier molecular flexibility index (Phi) is 6.91. The molecular formula is C18H20ClNO3. The van der Waals surface area contributed by atoms with Crippen LogP contribution in [0.5, 0.6) is 5.75 Å². The maximum absolute atomic E-state index is 12.0. The van der Waals surface area contributed by atoms with Crippen molar-refractivity contribution in [3.63, 3.8) is 0 Å². The van der Waals surface area contributed by atoms with E-state index >= 15 is 0 Å². The van der Waals surface area contributed by atoms with Crippen molar-refractivity contribution in [2.24, 2.45) is 0 Å². The Balaban J connectivity index is 1.73. The van der Waals surface area contributed by atoms with Gasteiger partial charge in [-0.05, 0) is 36.2 Å². The Bertz CT molecular complexity index is 601. The number of amides is 1. The van der Waals surface area contributed by atoms with Crippen molar-refractivity contribution in [1.29, 1.82) is 0 Å². The van der Waals surface area contributed by atoms with Crippen LogP contribution in [-0.4, -0.2) is 24.2 Å². The number of rotatable bonds is 8. The van der Waals surface area contributed by atoms with Crippen molar-refractivity contribution in [3.05, 3.63) is 65.2 Å². The van der Waals surface area contributed by atoms with E-state index in [2.05, 4.69) is 5.32 Å². The Morgan fingerprint density at radius 3 is 2.48 bits per heavy atom. The molecule has 2 rings (SSSR count). The molecule has 4 nitrogen and oxygen atoms in total. The quantitative estimate of drug-likeness (QED) is 0.728. The second-order valence-electron chi connectivity index (χ2n) is 5.12. The van der Waals surface area contributed by atoms with Crippen LogP contribution >= 0.6 is 11.6 Å². The fourth-order valence-corrected chi connectivity index (χ4v) is 2.26. The molecule has 0 aliphatic rings. The molecule has 5 heteroatoms. The Labute approximate surface area is 141 Å². The van der Waals surface area contributed by atoms with Gasteiger partial charge in [-0.3, -0.25) is 4.79 Å². The molecule has 0 bridgehead atoms. The smallest absolute Gasteiger partial charge is 0.220 e. The van der Waals surface area contributed by atoms with E-state index in [1.54, 1.807) is 24.3 Å². The molecule has 0 aliphatic heterocycles. The van der Waals surface area contributed by atoms with Crippen molar-refractivity contribution in [3.8, 4) is 5.75 Å². The largest absolute Gasteiger partial charge is 0.494 e. The minimum absolute atomic E-state index is 0.115. The standard InChI is InChI=1S/C18H20ClNO3/c19-15-10-8-14(9-11-15)17(13-21)20-18(22)7-4-12-23-16-5-2-1-3-6-16/h1-3,5-6,8-11,17,21H,4,7,12-13H2,(H,20,22). The topological polar surface area (TPSA) is 58.6 Å². The zero-order valence-corrected chi connectivity index (χ0v) is 13.5. The molecule has 2 aromatic rings. The Morgan fingerprint density at radius 2 is 1.83 bits per heavy atom. The van der Waals surface area contributed by atoms with E-state index in [4.69, 9.17) is 16.3 Å². The summed E-state index contributed by atoms with van der Waals surface area (Å²) >= 11 is 5.84. The molecule has 0 heterocycles. The molecule has 0 saturated heterocycles. The summed E-state index contributed by atoms with van der Waals surface area (Å²) in [5.41, 5.74) is 0.825. The third-order valence-electron chi connectivity index (χ3n) is 3.35. The van der Waals surface area contributed by atoms with Gasteiger partial charge in [0.25, 0.3) is 0 Å². The van der Waals surface area contributed by atoms with Gasteiger partial charge in [-0.1, -0.05) is 41.9 Å². The molecule has 1 unspecified atom stereocenters. The van der Waals surface area contributed by atoms with Gasteiger partial charge in [-0.15, -0.1) is 0 Å². The number of benzene rings is 2. The number of ether oxygens (including phenoxy) is 1. The predicted molar refractivity (Wildman–Crippen MR) is 90.6 cm³/mol. The lowest BCUT2D eigenvalue weighted by Crippen LogP contribution is -2.30. The van der Waals surface area contributed by atoms with Crippen LogP contribution < -0.4 is 10.1 Å². The number of halogens is 1. The van der Waals surface area contributed by atoms with Gasteiger partial charge in [0.05, 0.1) is 19.3 Å².